The van der Waals surface area contributed by atoms with Crippen molar-refractivity contribution in [2.45, 2.75) is 76.2 Å². The second kappa shape index (κ2) is 12.7. The van der Waals surface area contributed by atoms with Crippen LogP contribution in [0.2, 0.25) is 0 Å². The molecule has 1 spiro atoms. The van der Waals surface area contributed by atoms with Gasteiger partial charge in [0.1, 0.15) is 29.2 Å². The fourth-order valence-corrected chi connectivity index (χ4v) is 6.30. The summed E-state index contributed by atoms with van der Waals surface area (Å²) < 4.78 is 41.4. The number of ether oxygens (including phenoxy) is 7. The van der Waals surface area contributed by atoms with Crippen LogP contribution in [0.1, 0.15) is 51.2 Å². The molecule has 0 bridgehead atoms. The van der Waals surface area contributed by atoms with Crippen molar-refractivity contribution in [2.75, 3.05) is 27.9 Å². The Labute approximate surface area is 253 Å². The third-order valence-corrected chi connectivity index (χ3v) is 8.73. The van der Waals surface area contributed by atoms with Gasteiger partial charge >= 0.3 is 5.97 Å². The molecule has 6 atom stereocenters. The maximum Gasteiger partial charge on any atom is 0.331 e. The molecule has 9 heteroatoms. The van der Waals surface area contributed by atoms with Gasteiger partial charge in [-0.25, -0.2) is 4.79 Å². The average Bonchev–Trinajstić information content (AvgIpc) is 3.93. The van der Waals surface area contributed by atoms with Crippen molar-refractivity contribution in [2.24, 2.45) is 5.92 Å². The zero-order valence-electron chi connectivity index (χ0n) is 25.8. The summed E-state index contributed by atoms with van der Waals surface area (Å²) in [5, 5.41) is 9.29. The van der Waals surface area contributed by atoms with Crippen molar-refractivity contribution < 1.29 is 43.1 Å². The first-order valence-corrected chi connectivity index (χ1v) is 14.7. The molecule has 0 aromatic heterocycles. The summed E-state index contributed by atoms with van der Waals surface area (Å²) >= 11 is 0. The Morgan fingerprint density at radius 3 is 2.33 bits per heavy atom. The van der Waals surface area contributed by atoms with Crippen LogP contribution in [0.4, 0.5) is 0 Å². The molecule has 2 aromatic rings. The van der Waals surface area contributed by atoms with Gasteiger partial charge in [-0.3, -0.25) is 0 Å². The van der Waals surface area contributed by atoms with Gasteiger partial charge in [-0.2, -0.15) is 0 Å². The number of carbonyl (C=O) groups is 1. The highest BCUT2D eigenvalue weighted by atomic mass is 16.6. The minimum absolute atomic E-state index is 0.0444. The Bertz CT molecular complexity index is 1330. The van der Waals surface area contributed by atoms with Gasteiger partial charge in [-0.15, -0.1) is 0 Å². The van der Waals surface area contributed by atoms with E-state index >= 15 is 0 Å². The number of benzene rings is 2. The highest BCUT2D eigenvalue weighted by molar-refractivity contribution is 5.87. The van der Waals surface area contributed by atoms with Crippen molar-refractivity contribution in [1.29, 1.82) is 0 Å². The Balaban J connectivity index is 1.28. The van der Waals surface area contributed by atoms with Crippen LogP contribution in [-0.4, -0.2) is 68.5 Å². The van der Waals surface area contributed by atoms with Gasteiger partial charge in [0, 0.05) is 13.2 Å². The largest absolute Gasteiger partial charge is 0.493 e. The zero-order valence-corrected chi connectivity index (χ0v) is 25.8. The maximum absolute atomic E-state index is 13.1. The Hall–Kier alpha value is -3.37. The highest BCUT2D eigenvalue weighted by Gasteiger charge is 2.72. The number of hydrogen-bond donors (Lipinski definition) is 1. The van der Waals surface area contributed by atoms with Crippen LogP contribution in [0, 0.1) is 5.92 Å². The Morgan fingerprint density at radius 1 is 1.09 bits per heavy atom. The van der Waals surface area contributed by atoms with Gasteiger partial charge in [0.25, 0.3) is 0 Å². The SMILES string of the molecule is COc1cc(C=CC(=O)O[C@@H]2CC[C@]3(CO3)[C@@H]([C@@]3(C)O[C@@H]3CC=C(C)C)[C@@H]2OC)cc(OC)c1Oc1ccc(CO)cc1. The zero-order chi connectivity index (χ0) is 30.8. The lowest BCUT2D eigenvalue weighted by atomic mass is 9.68. The summed E-state index contributed by atoms with van der Waals surface area (Å²) in [6, 6.07) is 10.6. The Kier molecular flexibility index (Phi) is 9.18. The molecule has 0 unspecified atom stereocenters. The maximum atomic E-state index is 13.1. The smallest absolute Gasteiger partial charge is 0.331 e. The number of aliphatic hydroxyl groups is 1. The van der Waals surface area contributed by atoms with Crippen molar-refractivity contribution in [3.05, 3.63) is 65.3 Å². The number of hydrogen-bond acceptors (Lipinski definition) is 9. The Morgan fingerprint density at radius 2 is 1.77 bits per heavy atom. The number of aliphatic hydroxyl groups excluding tert-OH is 1. The minimum Gasteiger partial charge on any atom is -0.493 e. The number of carbonyl (C=O) groups excluding carboxylic acids is 1. The van der Waals surface area contributed by atoms with Crippen LogP contribution < -0.4 is 14.2 Å². The summed E-state index contributed by atoms with van der Waals surface area (Å²) in [7, 11) is 4.73. The second-order valence-corrected chi connectivity index (χ2v) is 11.8. The third kappa shape index (κ3) is 6.60. The van der Waals surface area contributed by atoms with Crippen molar-refractivity contribution >= 4 is 12.0 Å². The fourth-order valence-electron chi connectivity index (χ4n) is 6.30. The van der Waals surface area contributed by atoms with Crippen LogP contribution in [0.3, 0.4) is 0 Å². The molecular formula is C34H42O9. The minimum atomic E-state index is -0.469. The van der Waals surface area contributed by atoms with E-state index in [9.17, 15) is 9.90 Å². The number of epoxide rings is 2. The predicted molar refractivity (Wildman–Crippen MR) is 160 cm³/mol. The topological polar surface area (TPSA) is 109 Å². The molecule has 2 aromatic carbocycles. The monoisotopic (exact) mass is 594 g/mol. The molecule has 0 radical (unpaired) electrons. The van der Waals surface area contributed by atoms with Gasteiger partial charge in [0.2, 0.25) is 5.75 Å². The molecule has 2 aliphatic heterocycles. The quantitative estimate of drug-likeness (QED) is 0.145. The van der Waals surface area contributed by atoms with Crippen LogP contribution in [0.5, 0.6) is 23.0 Å². The van der Waals surface area contributed by atoms with Crippen molar-refractivity contribution in [3.8, 4) is 23.0 Å². The summed E-state index contributed by atoms with van der Waals surface area (Å²) in [4.78, 5) is 13.1. The molecule has 0 amide bonds. The van der Waals surface area contributed by atoms with Gasteiger partial charge in [0.05, 0.1) is 39.5 Å². The van der Waals surface area contributed by atoms with Gasteiger partial charge in [-0.1, -0.05) is 23.8 Å². The number of methoxy groups -OCH3 is 3. The third-order valence-electron chi connectivity index (χ3n) is 8.73. The number of esters is 1. The molecule has 9 nitrogen and oxygen atoms in total. The van der Waals surface area contributed by atoms with Gasteiger partial charge < -0.3 is 38.3 Å². The average molecular weight is 595 g/mol. The molecular weight excluding hydrogens is 552 g/mol. The van der Waals surface area contributed by atoms with E-state index < -0.39 is 17.7 Å². The molecule has 1 N–H and O–H groups in total. The standard InChI is InChI=1S/C34H42O9/c1-21(2)7-13-28-33(3,43-28)32-31(39-6)25(15-16-34(32)20-40-34)42-29(36)14-10-23-17-26(37-4)30(27(18-23)38-5)41-24-11-8-22(19-35)9-12-24/h7-12,14,17-18,25,28,31-32,35H,13,15-16,19-20H2,1-6H3/t25-,28-,31-,32-,33+,34+/m1/s1. The van der Waals surface area contributed by atoms with Crippen molar-refractivity contribution in [1.82, 2.24) is 0 Å². The van der Waals surface area contributed by atoms with E-state index in [1.54, 1.807) is 49.6 Å². The van der Waals surface area contributed by atoms with E-state index in [0.29, 0.717) is 41.6 Å². The first-order chi connectivity index (χ1) is 20.7. The summed E-state index contributed by atoms with van der Waals surface area (Å²) in [5.74, 6) is 1.31. The number of rotatable bonds is 12. The number of allylic oxidation sites excluding steroid dienone is 1. The molecule has 3 fully saturated rings. The summed E-state index contributed by atoms with van der Waals surface area (Å²) in [5.41, 5.74) is 2.02. The van der Waals surface area contributed by atoms with E-state index in [0.717, 1.165) is 18.4 Å². The van der Waals surface area contributed by atoms with E-state index in [-0.39, 0.29) is 30.3 Å². The van der Waals surface area contributed by atoms with E-state index in [1.807, 2.05) is 0 Å². The first kappa shape index (κ1) is 31.1. The van der Waals surface area contributed by atoms with Crippen LogP contribution in [0.15, 0.2) is 54.1 Å². The highest BCUT2D eigenvalue weighted by Crippen LogP contribution is 2.59. The lowest BCUT2D eigenvalue weighted by molar-refractivity contribution is -0.166. The van der Waals surface area contributed by atoms with Crippen molar-refractivity contribution in [3.63, 3.8) is 0 Å². The van der Waals surface area contributed by atoms with E-state index in [1.165, 1.54) is 25.9 Å². The summed E-state index contributed by atoms with van der Waals surface area (Å²) in [6.07, 6.45) is 6.82. The van der Waals surface area contributed by atoms with Gasteiger partial charge in [-0.05, 0) is 81.5 Å². The first-order valence-electron chi connectivity index (χ1n) is 14.7. The predicted octanol–water partition coefficient (Wildman–Crippen LogP) is 5.62. The van der Waals surface area contributed by atoms with E-state index in [4.69, 9.17) is 33.2 Å². The van der Waals surface area contributed by atoms with Gasteiger partial charge in [0.15, 0.2) is 11.5 Å². The normalized spacial score (nSPS) is 29.3. The molecule has 2 saturated heterocycles. The molecule has 1 saturated carbocycles. The van der Waals surface area contributed by atoms with Crippen LogP contribution in [0.25, 0.3) is 6.08 Å². The second-order valence-electron chi connectivity index (χ2n) is 11.8. The summed E-state index contributed by atoms with van der Waals surface area (Å²) in [6.45, 7) is 6.91. The molecule has 3 aliphatic rings. The fraction of sp³-hybridized carbons (Fsp3) is 0.500. The molecule has 1 aliphatic carbocycles. The molecule has 232 valence electrons. The van der Waals surface area contributed by atoms with Crippen LogP contribution >= 0.6 is 0 Å². The van der Waals surface area contributed by atoms with Crippen LogP contribution in [-0.2, 0) is 30.3 Å². The molecule has 43 heavy (non-hydrogen) atoms. The lowest BCUT2D eigenvalue weighted by Crippen LogP contribution is -2.55. The lowest BCUT2D eigenvalue weighted by Gasteiger charge is -2.42. The molecule has 5 rings (SSSR count). The van der Waals surface area contributed by atoms with E-state index in [2.05, 4.69) is 26.8 Å². The molecule has 2 heterocycles.